The van der Waals surface area contributed by atoms with Gasteiger partial charge in [-0.3, -0.25) is 9.52 Å². The highest BCUT2D eigenvalue weighted by Crippen LogP contribution is 2.36. The fraction of sp³-hybridized carbons (Fsp3) is 0.290. The van der Waals surface area contributed by atoms with E-state index in [2.05, 4.69) is 10.0 Å². The lowest BCUT2D eigenvalue weighted by atomic mass is 9.99. The van der Waals surface area contributed by atoms with Gasteiger partial charge in [-0.15, -0.1) is 11.3 Å². The molecule has 0 aliphatic carbocycles. The van der Waals surface area contributed by atoms with Gasteiger partial charge in [-0.1, -0.05) is 55.5 Å². The van der Waals surface area contributed by atoms with Crippen molar-refractivity contribution in [2.24, 2.45) is 5.92 Å². The maximum Gasteiger partial charge on any atom is 0.321 e. The summed E-state index contributed by atoms with van der Waals surface area (Å²) in [7, 11) is -2.29. The van der Waals surface area contributed by atoms with Crippen LogP contribution >= 0.6 is 11.3 Å². The number of rotatable bonds is 8. The van der Waals surface area contributed by atoms with Crippen LogP contribution in [0.1, 0.15) is 24.2 Å². The summed E-state index contributed by atoms with van der Waals surface area (Å²) in [6.45, 7) is 3.79. The topological polar surface area (TPSA) is 128 Å². The Morgan fingerprint density at radius 1 is 1.09 bits per heavy atom. The number of carbonyl (C=O) groups excluding carboxylic acids is 2. The zero-order valence-corrected chi connectivity index (χ0v) is 25.7. The molecule has 2 heterocycles. The van der Waals surface area contributed by atoms with Crippen molar-refractivity contribution in [2.75, 3.05) is 36.8 Å². The number of nitrogens with zero attached hydrogens (tertiary/aromatic N) is 2. The molecule has 10 nitrogen and oxygen atoms in total. The van der Waals surface area contributed by atoms with E-state index in [4.69, 9.17) is 4.74 Å². The van der Waals surface area contributed by atoms with Crippen LogP contribution in [0.3, 0.4) is 0 Å². The van der Waals surface area contributed by atoms with Crippen LogP contribution in [0.5, 0.6) is 5.75 Å². The highest BCUT2D eigenvalue weighted by molar-refractivity contribution is 7.94. The van der Waals surface area contributed by atoms with Crippen LogP contribution in [0.25, 0.3) is 10.8 Å². The largest absolute Gasteiger partial charge is 0.485 e. The van der Waals surface area contributed by atoms with Gasteiger partial charge in [-0.25, -0.2) is 13.2 Å². The number of hydrogen-bond acceptors (Lipinski definition) is 7. The van der Waals surface area contributed by atoms with Crippen molar-refractivity contribution < 1.29 is 27.9 Å². The fourth-order valence-electron chi connectivity index (χ4n) is 5.05. The molecular weight excluding hydrogens is 588 g/mol. The molecule has 1 aliphatic rings. The maximum atomic E-state index is 13.7. The Morgan fingerprint density at radius 3 is 2.56 bits per heavy atom. The highest BCUT2D eigenvalue weighted by Gasteiger charge is 2.35. The van der Waals surface area contributed by atoms with Crippen molar-refractivity contribution in [3.63, 3.8) is 0 Å². The molecule has 0 fully saturated rings. The summed E-state index contributed by atoms with van der Waals surface area (Å²) >= 11 is 1.07. The molecule has 3 amide bonds. The molecule has 1 aromatic heterocycles. The first-order valence-electron chi connectivity index (χ1n) is 13.9. The minimum Gasteiger partial charge on any atom is -0.485 e. The van der Waals surface area contributed by atoms with Crippen LogP contribution in [0.4, 0.5) is 16.2 Å². The number of amides is 3. The molecule has 0 saturated carbocycles. The third-order valence-electron chi connectivity index (χ3n) is 7.53. The third-order valence-corrected chi connectivity index (χ3v) is 10.3. The van der Waals surface area contributed by atoms with Gasteiger partial charge in [0, 0.05) is 24.9 Å². The standard InChI is InChI=1S/C31H34N4O6S2/c1-20-17-35(21(2)19-36)30(37)24-12-7-14-26(33-43(39,40)28-15-8-16-42-28)29(24)41-27(20)18-34(3)31(38)32-25-13-6-10-22-9-4-5-11-23(22)25/h4-16,20-21,27,33,36H,17-19H2,1-3H3,(H,32,38)/t20-,21+,27+/m0/s1. The zero-order valence-electron chi connectivity index (χ0n) is 24.1. The van der Waals surface area contributed by atoms with Gasteiger partial charge in [0.15, 0.2) is 5.75 Å². The van der Waals surface area contributed by atoms with Crippen LogP contribution in [0.2, 0.25) is 0 Å². The van der Waals surface area contributed by atoms with Crippen molar-refractivity contribution in [2.45, 2.75) is 30.2 Å². The molecule has 3 atom stereocenters. The number of aliphatic hydroxyl groups excluding tert-OH is 1. The van der Waals surface area contributed by atoms with Gasteiger partial charge >= 0.3 is 6.03 Å². The second kappa shape index (κ2) is 12.6. The molecule has 0 spiro atoms. The van der Waals surface area contributed by atoms with Crippen LogP contribution in [-0.4, -0.2) is 74.2 Å². The summed E-state index contributed by atoms with van der Waals surface area (Å²) < 4.78 is 35.4. The lowest BCUT2D eigenvalue weighted by Crippen LogP contribution is -2.50. The Labute approximate surface area is 254 Å². The minimum absolute atomic E-state index is 0.0715. The summed E-state index contributed by atoms with van der Waals surface area (Å²) in [5.41, 5.74) is 0.940. The van der Waals surface area contributed by atoms with Crippen molar-refractivity contribution in [3.05, 3.63) is 83.7 Å². The average molecular weight is 623 g/mol. The van der Waals surface area contributed by atoms with Gasteiger partial charge in [-0.05, 0) is 42.0 Å². The minimum atomic E-state index is -3.95. The van der Waals surface area contributed by atoms with Crippen molar-refractivity contribution in [3.8, 4) is 5.75 Å². The average Bonchev–Trinajstić information content (AvgIpc) is 3.55. The lowest BCUT2D eigenvalue weighted by molar-refractivity contribution is 0.0373. The Balaban J connectivity index is 1.46. The van der Waals surface area contributed by atoms with E-state index < -0.39 is 22.2 Å². The molecule has 43 heavy (non-hydrogen) atoms. The molecule has 12 heteroatoms. The Bertz CT molecular complexity index is 1720. The van der Waals surface area contributed by atoms with E-state index in [-0.39, 0.29) is 58.8 Å². The number of aliphatic hydroxyl groups is 1. The van der Waals surface area contributed by atoms with E-state index in [0.29, 0.717) is 5.69 Å². The number of thiophene rings is 1. The number of nitrogens with one attached hydrogen (secondary N) is 2. The Hall–Kier alpha value is -4.13. The molecule has 3 aromatic carbocycles. The van der Waals surface area contributed by atoms with Gasteiger partial charge in [-0.2, -0.15) is 0 Å². The molecular formula is C31H34N4O6S2. The highest BCUT2D eigenvalue weighted by atomic mass is 32.2. The molecule has 0 saturated heterocycles. The van der Waals surface area contributed by atoms with Crippen LogP contribution in [0.15, 0.2) is 82.4 Å². The van der Waals surface area contributed by atoms with E-state index in [9.17, 15) is 23.1 Å². The second-order valence-electron chi connectivity index (χ2n) is 10.7. The summed E-state index contributed by atoms with van der Waals surface area (Å²) in [6, 6.07) is 20.4. The number of likely N-dealkylation sites (N-methyl/N-ethyl adjacent to an activating group) is 1. The molecule has 0 radical (unpaired) electrons. The molecule has 4 aromatic rings. The van der Waals surface area contributed by atoms with Crippen LogP contribution < -0.4 is 14.8 Å². The summed E-state index contributed by atoms with van der Waals surface area (Å²) in [5.74, 6) is -0.607. The number of carbonyl (C=O) groups is 2. The van der Waals surface area contributed by atoms with Gasteiger partial charge < -0.3 is 25.0 Å². The summed E-state index contributed by atoms with van der Waals surface area (Å²) in [6.07, 6.45) is -0.629. The smallest absolute Gasteiger partial charge is 0.321 e. The first kappa shape index (κ1) is 30.3. The second-order valence-corrected chi connectivity index (χ2v) is 13.5. The zero-order chi connectivity index (χ0) is 30.7. The van der Waals surface area contributed by atoms with E-state index >= 15 is 0 Å². The molecule has 3 N–H and O–H groups in total. The fourth-order valence-corrected chi connectivity index (χ4v) is 7.11. The van der Waals surface area contributed by atoms with Crippen molar-refractivity contribution in [1.82, 2.24) is 9.80 Å². The number of ether oxygens (including phenoxy) is 1. The lowest BCUT2D eigenvalue weighted by Gasteiger charge is -2.38. The maximum absolute atomic E-state index is 13.7. The van der Waals surface area contributed by atoms with Crippen molar-refractivity contribution >= 4 is 55.4 Å². The van der Waals surface area contributed by atoms with Crippen LogP contribution in [0, 0.1) is 5.92 Å². The van der Waals surface area contributed by atoms with E-state index in [1.165, 1.54) is 17.0 Å². The summed E-state index contributed by atoms with van der Waals surface area (Å²) in [4.78, 5) is 30.1. The number of fused-ring (bicyclic) bond motifs is 2. The van der Waals surface area contributed by atoms with Crippen molar-refractivity contribution in [1.29, 1.82) is 0 Å². The Kier molecular flexibility index (Phi) is 8.90. The molecule has 226 valence electrons. The molecule has 5 rings (SSSR count). The first-order chi connectivity index (χ1) is 20.6. The van der Waals surface area contributed by atoms with Gasteiger partial charge in [0.2, 0.25) is 0 Å². The predicted octanol–water partition coefficient (Wildman–Crippen LogP) is 5.09. The third kappa shape index (κ3) is 6.46. The number of benzene rings is 3. The number of anilines is 2. The summed E-state index contributed by atoms with van der Waals surface area (Å²) in [5, 5.41) is 16.5. The van der Waals surface area contributed by atoms with Gasteiger partial charge in [0.05, 0.1) is 36.1 Å². The van der Waals surface area contributed by atoms with E-state index in [1.54, 1.807) is 42.5 Å². The number of sulfonamides is 1. The van der Waals surface area contributed by atoms with E-state index in [0.717, 1.165) is 22.1 Å². The molecule has 1 aliphatic heterocycles. The Morgan fingerprint density at radius 2 is 1.81 bits per heavy atom. The SMILES string of the molecule is C[C@H](CO)N1C[C@H](C)[C@@H](CN(C)C(=O)Nc2cccc3ccccc23)Oc2c(NS(=O)(=O)c3cccs3)cccc2C1=O. The predicted molar refractivity (Wildman–Crippen MR) is 168 cm³/mol. The van der Waals surface area contributed by atoms with Gasteiger partial charge in [0.1, 0.15) is 10.3 Å². The van der Waals surface area contributed by atoms with Gasteiger partial charge in [0.25, 0.3) is 15.9 Å². The number of urea groups is 1. The quantitative estimate of drug-likeness (QED) is 0.251. The van der Waals surface area contributed by atoms with Crippen LogP contribution in [-0.2, 0) is 10.0 Å². The van der Waals surface area contributed by atoms with E-state index in [1.807, 2.05) is 49.4 Å². The monoisotopic (exact) mass is 622 g/mol. The molecule has 0 unspecified atom stereocenters. The molecule has 0 bridgehead atoms. The number of para-hydroxylation sites is 1. The first-order valence-corrected chi connectivity index (χ1v) is 16.2. The number of hydrogen-bond donors (Lipinski definition) is 3. The normalized spacial score (nSPS) is 17.8.